The van der Waals surface area contributed by atoms with Crippen LogP contribution in [0.15, 0.2) is 18.2 Å². The van der Waals surface area contributed by atoms with Crippen molar-refractivity contribution in [2.24, 2.45) is 0 Å². The normalized spacial score (nSPS) is 10.6. The molecule has 0 aliphatic rings. The number of hydrogen-bond donors (Lipinski definition) is 1. The quantitative estimate of drug-likeness (QED) is 0.462. The van der Waals surface area contributed by atoms with Crippen molar-refractivity contribution in [1.29, 1.82) is 0 Å². The van der Waals surface area contributed by atoms with Gasteiger partial charge in [0.2, 0.25) is 0 Å². The van der Waals surface area contributed by atoms with E-state index in [-0.39, 0.29) is 11.3 Å². The van der Waals surface area contributed by atoms with E-state index in [0.29, 0.717) is 6.07 Å². The van der Waals surface area contributed by atoms with Gasteiger partial charge in [-0.25, -0.2) is 13.6 Å². The Labute approximate surface area is 85.1 Å². The lowest BCUT2D eigenvalue weighted by Crippen LogP contribution is -1.97. The van der Waals surface area contributed by atoms with Crippen LogP contribution in [0.1, 0.15) is 5.56 Å². The van der Waals surface area contributed by atoms with E-state index in [1.54, 1.807) is 0 Å². The number of carbonyl (C=O) groups excluding carboxylic acids is 1. The zero-order valence-corrected chi connectivity index (χ0v) is 7.96. The fraction of sp³-hybridized carbons (Fsp3) is 0.100. The molecule has 2 N–H and O–H groups in total. The van der Waals surface area contributed by atoms with Crippen LogP contribution in [0.25, 0.3) is 6.08 Å². The van der Waals surface area contributed by atoms with E-state index in [2.05, 4.69) is 4.74 Å². The summed E-state index contributed by atoms with van der Waals surface area (Å²) in [6, 6.07) is 1.70. The highest BCUT2D eigenvalue weighted by molar-refractivity contribution is 5.88. The number of carbonyl (C=O) groups is 1. The van der Waals surface area contributed by atoms with Crippen molar-refractivity contribution >= 4 is 17.7 Å². The number of anilines is 1. The number of nitrogen functional groups attached to an aromatic ring is 1. The topological polar surface area (TPSA) is 52.3 Å². The minimum absolute atomic E-state index is 0.0953. The van der Waals surface area contributed by atoms with Crippen molar-refractivity contribution in [3.05, 3.63) is 35.4 Å². The lowest BCUT2D eigenvalue weighted by molar-refractivity contribution is -0.134. The number of nitrogens with two attached hydrogens (primary N) is 1. The highest BCUT2D eigenvalue weighted by atomic mass is 19.1. The molecule has 1 aromatic carbocycles. The smallest absolute Gasteiger partial charge is 0.330 e. The monoisotopic (exact) mass is 213 g/mol. The third kappa shape index (κ3) is 2.77. The Kier molecular flexibility index (Phi) is 3.38. The van der Waals surface area contributed by atoms with Crippen LogP contribution in [0.5, 0.6) is 0 Å². The van der Waals surface area contributed by atoms with Gasteiger partial charge in [-0.2, -0.15) is 0 Å². The molecule has 0 heterocycles. The van der Waals surface area contributed by atoms with Crippen LogP contribution in [0.2, 0.25) is 0 Å². The van der Waals surface area contributed by atoms with Crippen molar-refractivity contribution < 1.29 is 18.3 Å². The van der Waals surface area contributed by atoms with Gasteiger partial charge in [0.1, 0.15) is 11.6 Å². The Hall–Kier alpha value is -1.91. The third-order valence-electron chi connectivity index (χ3n) is 1.73. The zero-order chi connectivity index (χ0) is 11.4. The Bertz CT molecular complexity index is 416. The molecule has 0 aliphatic heterocycles. The maximum absolute atomic E-state index is 12.9. The number of rotatable bonds is 2. The molecule has 0 fully saturated rings. The van der Waals surface area contributed by atoms with E-state index in [0.717, 1.165) is 12.1 Å². The highest BCUT2D eigenvalue weighted by Gasteiger charge is 2.05. The zero-order valence-electron chi connectivity index (χ0n) is 7.96. The van der Waals surface area contributed by atoms with E-state index < -0.39 is 17.6 Å². The highest BCUT2D eigenvalue weighted by Crippen LogP contribution is 2.19. The predicted octanol–water partition coefficient (Wildman–Crippen LogP) is 1.73. The molecule has 1 rings (SSSR count). The van der Waals surface area contributed by atoms with Crippen LogP contribution in [-0.2, 0) is 9.53 Å². The largest absolute Gasteiger partial charge is 0.466 e. The second kappa shape index (κ2) is 4.54. The SMILES string of the molecule is COC(=O)C=Cc1cc(F)cc(F)c1N. The molecule has 0 saturated heterocycles. The Morgan fingerprint density at radius 3 is 2.73 bits per heavy atom. The first-order valence-corrected chi connectivity index (χ1v) is 4.05. The van der Waals surface area contributed by atoms with Gasteiger partial charge in [-0.3, -0.25) is 0 Å². The molecule has 0 radical (unpaired) electrons. The molecule has 0 unspecified atom stereocenters. The molecular formula is C10H9F2NO2. The Morgan fingerprint density at radius 1 is 1.47 bits per heavy atom. The van der Waals surface area contributed by atoms with E-state index in [4.69, 9.17) is 5.73 Å². The molecule has 0 spiro atoms. The van der Waals surface area contributed by atoms with Gasteiger partial charge < -0.3 is 10.5 Å². The number of benzene rings is 1. The van der Waals surface area contributed by atoms with Gasteiger partial charge in [0.25, 0.3) is 0 Å². The first-order valence-electron chi connectivity index (χ1n) is 4.05. The predicted molar refractivity (Wildman–Crippen MR) is 51.8 cm³/mol. The van der Waals surface area contributed by atoms with Crippen LogP contribution < -0.4 is 5.73 Å². The molecule has 1 aromatic rings. The van der Waals surface area contributed by atoms with Crippen LogP contribution in [0.4, 0.5) is 14.5 Å². The van der Waals surface area contributed by atoms with Gasteiger partial charge >= 0.3 is 5.97 Å². The minimum Gasteiger partial charge on any atom is -0.466 e. The van der Waals surface area contributed by atoms with Crippen LogP contribution in [-0.4, -0.2) is 13.1 Å². The fourth-order valence-corrected chi connectivity index (χ4v) is 0.968. The number of esters is 1. The first kappa shape index (κ1) is 11.2. The Morgan fingerprint density at radius 2 is 2.13 bits per heavy atom. The van der Waals surface area contributed by atoms with Crippen molar-refractivity contribution in [2.45, 2.75) is 0 Å². The molecule has 0 amide bonds. The summed E-state index contributed by atoms with van der Waals surface area (Å²) in [5.41, 5.74) is 5.22. The van der Waals surface area contributed by atoms with E-state index in [9.17, 15) is 13.6 Å². The lowest BCUT2D eigenvalue weighted by atomic mass is 10.1. The molecule has 0 aromatic heterocycles. The average molecular weight is 213 g/mol. The molecule has 15 heavy (non-hydrogen) atoms. The molecule has 0 saturated carbocycles. The molecular weight excluding hydrogens is 204 g/mol. The van der Waals surface area contributed by atoms with Crippen LogP contribution >= 0.6 is 0 Å². The van der Waals surface area contributed by atoms with Gasteiger partial charge in [-0.15, -0.1) is 0 Å². The van der Waals surface area contributed by atoms with Crippen molar-refractivity contribution in [3.8, 4) is 0 Å². The van der Waals surface area contributed by atoms with Gasteiger partial charge in [-0.05, 0) is 12.1 Å². The number of halogens is 2. The van der Waals surface area contributed by atoms with E-state index in [1.807, 2.05) is 0 Å². The number of ether oxygens (including phenoxy) is 1. The van der Waals surface area contributed by atoms with E-state index >= 15 is 0 Å². The molecule has 3 nitrogen and oxygen atoms in total. The fourth-order valence-electron chi connectivity index (χ4n) is 0.968. The second-order valence-corrected chi connectivity index (χ2v) is 2.75. The van der Waals surface area contributed by atoms with E-state index in [1.165, 1.54) is 13.2 Å². The van der Waals surface area contributed by atoms with Gasteiger partial charge in [0.15, 0.2) is 0 Å². The summed E-state index contributed by atoms with van der Waals surface area (Å²) >= 11 is 0. The van der Waals surface area contributed by atoms with Crippen molar-refractivity contribution in [1.82, 2.24) is 0 Å². The molecule has 0 bridgehead atoms. The van der Waals surface area contributed by atoms with Crippen LogP contribution in [0, 0.1) is 11.6 Å². The van der Waals surface area contributed by atoms with Crippen molar-refractivity contribution in [2.75, 3.05) is 12.8 Å². The lowest BCUT2D eigenvalue weighted by Gasteiger charge is -2.01. The second-order valence-electron chi connectivity index (χ2n) is 2.75. The number of methoxy groups -OCH3 is 1. The molecule has 5 heteroatoms. The minimum atomic E-state index is -0.862. The summed E-state index contributed by atoms with van der Waals surface area (Å²) in [5, 5.41) is 0. The van der Waals surface area contributed by atoms with Gasteiger partial charge in [0, 0.05) is 17.7 Å². The molecule has 0 aliphatic carbocycles. The molecule has 0 atom stereocenters. The average Bonchev–Trinajstić information content (AvgIpc) is 2.20. The summed E-state index contributed by atoms with van der Waals surface area (Å²) in [6.45, 7) is 0. The maximum atomic E-state index is 12.9. The summed E-state index contributed by atoms with van der Waals surface area (Å²) in [6.07, 6.45) is 2.22. The standard InChI is InChI=1S/C10H9F2NO2/c1-15-9(14)3-2-6-4-7(11)5-8(12)10(6)13/h2-5H,13H2,1H3. The third-order valence-corrected chi connectivity index (χ3v) is 1.73. The summed E-state index contributed by atoms with van der Waals surface area (Å²) in [7, 11) is 1.20. The van der Waals surface area contributed by atoms with Gasteiger partial charge in [-0.1, -0.05) is 0 Å². The summed E-state index contributed by atoms with van der Waals surface area (Å²) in [5.74, 6) is -2.25. The van der Waals surface area contributed by atoms with Crippen LogP contribution in [0.3, 0.4) is 0 Å². The maximum Gasteiger partial charge on any atom is 0.330 e. The molecule has 80 valence electrons. The van der Waals surface area contributed by atoms with Gasteiger partial charge in [0.05, 0.1) is 12.8 Å². The summed E-state index contributed by atoms with van der Waals surface area (Å²) < 4.78 is 30.0. The first-order chi connectivity index (χ1) is 7.04. The number of hydrogen-bond acceptors (Lipinski definition) is 3. The van der Waals surface area contributed by atoms with Crippen molar-refractivity contribution in [3.63, 3.8) is 0 Å². The summed E-state index contributed by atoms with van der Waals surface area (Å²) in [4.78, 5) is 10.7. The Balaban J connectivity index is 3.04.